The van der Waals surface area contributed by atoms with Crippen molar-refractivity contribution in [2.24, 2.45) is 5.92 Å². The topological polar surface area (TPSA) is 60.9 Å². The molecule has 25 heavy (non-hydrogen) atoms. The van der Waals surface area contributed by atoms with E-state index in [4.69, 9.17) is 0 Å². The van der Waals surface area contributed by atoms with Crippen molar-refractivity contribution >= 4 is 11.8 Å². The van der Waals surface area contributed by atoms with Gasteiger partial charge >= 0.3 is 0 Å². The van der Waals surface area contributed by atoms with Crippen LogP contribution in [-0.4, -0.2) is 59.0 Å². The Hall–Kier alpha value is -1.88. The van der Waals surface area contributed by atoms with Crippen LogP contribution < -0.4 is 0 Å². The monoisotopic (exact) mass is 344 g/mol. The number of likely N-dealkylation sites (tertiary alicyclic amines) is 2. The minimum atomic E-state index is -0.272. The number of carbonyl (C=O) groups is 2. The minimum Gasteiger partial charge on any atom is -0.393 e. The van der Waals surface area contributed by atoms with Gasteiger partial charge in [-0.3, -0.25) is 9.59 Å². The number of hydrogen-bond acceptors (Lipinski definition) is 3. The van der Waals surface area contributed by atoms with Crippen LogP contribution in [0.5, 0.6) is 0 Å². The molecule has 1 N–H and O–H groups in total. The van der Waals surface area contributed by atoms with Gasteiger partial charge in [-0.25, -0.2) is 0 Å². The fraction of sp³-hybridized carbons (Fsp3) is 0.600. The highest BCUT2D eigenvalue weighted by Gasteiger charge is 2.33. The van der Waals surface area contributed by atoms with Gasteiger partial charge in [0, 0.05) is 32.6 Å². The van der Waals surface area contributed by atoms with Crippen molar-refractivity contribution in [2.75, 3.05) is 26.2 Å². The van der Waals surface area contributed by atoms with Gasteiger partial charge in [0.2, 0.25) is 11.8 Å². The smallest absolute Gasteiger partial charge is 0.227 e. The molecule has 0 aliphatic carbocycles. The molecule has 1 atom stereocenters. The van der Waals surface area contributed by atoms with Crippen LogP contribution in [0.1, 0.15) is 37.7 Å². The quantitative estimate of drug-likeness (QED) is 0.887. The number of piperidine rings is 2. The normalized spacial score (nSPS) is 22.3. The van der Waals surface area contributed by atoms with Gasteiger partial charge in [0.05, 0.1) is 12.0 Å². The van der Waals surface area contributed by atoms with Crippen LogP contribution in [0.3, 0.4) is 0 Å². The van der Waals surface area contributed by atoms with Gasteiger partial charge in [0.1, 0.15) is 0 Å². The first kappa shape index (κ1) is 17.9. The third kappa shape index (κ3) is 4.82. The van der Waals surface area contributed by atoms with Crippen molar-refractivity contribution in [3.8, 4) is 0 Å². The zero-order chi connectivity index (χ0) is 17.6. The van der Waals surface area contributed by atoms with E-state index in [1.165, 1.54) is 5.56 Å². The number of aliphatic hydroxyl groups excluding tert-OH is 1. The minimum absolute atomic E-state index is 0.0790. The zero-order valence-electron chi connectivity index (χ0n) is 14.8. The Labute approximate surface area is 149 Å². The Bertz CT molecular complexity index is 582. The first-order valence-electron chi connectivity index (χ1n) is 9.42. The van der Waals surface area contributed by atoms with Crippen LogP contribution in [0.25, 0.3) is 0 Å². The number of benzene rings is 1. The van der Waals surface area contributed by atoms with Crippen LogP contribution in [0.4, 0.5) is 0 Å². The SMILES string of the molecule is O=C1CCC(C(=O)N2CCC(O)CC2)CN1CCCc1ccccc1. The molecule has 2 fully saturated rings. The second kappa shape index (κ2) is 8.48. The Morgan fingerprint density at radius 3 is 2.56 bits per heavy atom. The number of carbonyl (C=O) groups excluding carboxylic acids is 2. The summed E-state index contributed by atoms with van der Waals surface area (Å²) in [6.45, 7) is 2.54. The lowest BCUT2D eigenvalue weighted by atomic mass is 9.94. The van der Waals surface area contributed by atoms with Gasteiger partial charge in [-0.05, 0) is 37.7 Å². The molecule has 3 rings (SSSR count). The summed E-state index contributed by atoms with van der Waals surface area (Å²) in [4.78, 5) is 28.6. The Morgan fingerprint density at radius 2 is 1.84 bits per heavy atom. The molecule has 0 spiro atoms. The molecule has 2 heterocycles. The summed E-state index contributed by atoms with van der Waals surface area (Å²) < 4.78 is 0. The van der Waals surface area contributed by atoms with Crippen molar-refractivity contribution in [2.45, 2.75) is 44.6 Å². The summed E-state index contributed by atoms with van der Waals surface area (Å²) in [5, 5.41) is 9.60. The van der Waals surface area contributed by atoms with Crippen molar-refractivity contribution in [3.63, 3.8) is 0 Å². The molecule has 5 nitrogen and oxygen atoms in total. The Kier molecular flexibility index (Phi) is 6.08. The van der Waals surface area contributed by atoms with Crippen molar-refractivity contribution < 1.29 is 14.7 Å². The van der Waals surface area contributed by atoms with E-state index in [1.807, 2.05) is 28.0 Å². The summed E-state index contributed by atoms with van der Waals surface area (Å²) in [5.41, 5.74) is 1.28. The summed E-state index contributed by atoms with van der Waals surface area (Å²) in [7, 11) is 0. The first-order valence-corrected chi connectivity index (χ1v) is 9.42. The predicted molar refractivity (Wildman–Crippen MR) is 95.9 cm³/mol. The summed E-state index contributed by atoms with van der Waals surface area (Å²) in [6.07, 6.45) is 4.06. The molecule has 0 saturated carbocycles. The molecule has 2 saturated heterocycles. The van der Waals surface area contributed by atoms with Crippen LogP contribution in [0.15, 0.2) is 30.3 Å². The molecule has 5 heteroatoms. The molecule has 0 radical (unpaired) electrons. The van der Waals surface area contributed by atoms with Gasteiger partial charge in [-0.1, -0.05) is 30.3 Å². The summed E-state index contributed by atoms with van der Waals surface area (Å²) in [6, 6.07) is 10.3. The lowest BCUT2D eigenvalue weighted by molar-refractivity contribution is -0.144. The Balaban J connectivity index is 1.49. The molecule has 2 amide bonds. The van der Waals surface area contributed by atoms with Gasteiger partial charge in [-0.15, -0.1) is 0 Å². The van der Waals surface area contributed by atoms with E-state index < -0.39 is 0 Å². The molecule has 1 aromatic rings. The number of aliphatic hydroxyl groups is 1. The molecule has 136 valence electrons. The number of rotatable bonds is 5. The number of aryl methyl sites for hydroxylation is 1. The van der Waals surface area contributed by atoms with Crippen molar-refractivity contribution in [1.82, 2.24) is 9.80 Å². The van der Waals surface area contributed by atoms with E-state index in [9.17, 15) is 14.7 Å². The number of amides is 2. The fourth-order valence-corrected chi connectivity index (χ4v) is 3.80. The van der Waals surface area contributed by atoms with Gasteiger partial charge in [0.25, 0.3) is 0 Å². The van der Waals surface area contributed by atoms with E-state index in [1.54, 1.807) is 0 Å². The third-order valence-electron chi connectivity index (χ3n) is 5.36. The van der Waals surface area contributed by atoms with E-state index in [0.717, 1.165) is 19.4 Å². The molecule has 0 bridgehead atoms. The van der Waals surface area contributed by atoms with E-state index in [0.29, 0.717) is 45.3 Å². The standard InChI is InChI=1S/C20H28N2O3/c23-18-10-13-21(14-11-18)20(25)17-8-9-19(24)22(15-17)12-4-7-16-5-2-1-3-6-16/h1-3,5-6,17-18,23H,4,7-15H2. The lowest BCUT2D eigenvalue weighted by Gasteiger charge is -2.37. The highest BCUT2D eigenvalue weighted by Crippen LogP contribution is 2.22. The predicted octanol–water partition coefficient (Wildman–Crippen LogP) is 1.84. The molecular weight excluding hydrogens is 316 g/mol. The van der Waals surface area contributed by atoms with E-state index in [-0.39, 0.29) is 23.8 Å². The second-order valence-corrected chi connectivity index (χ2v) is 7.22. The molecule has 2 aliphatic heterocycles. The highest BCUT2D eigenvalue weighted by atomic mass is 16.3. The maximum absolute atomic E-state index is 12.7. The molecule has 1 unspecified atom stereocenters. The largest absolute Gasteiger partial charge is 0.393 e. The Morgan fingerprint density at radius 1 is 1.12 bits per heavy atom. The maximum atomic E-state index is 12.7. The second-order valence-electron chi connectivity index (χ2n) is 7.22. The molecule has 1 aromatic carbocycles. The fourth-order valence-electron chi connectivity index (χ4n) is 3.80. The van der Waals surface area contributed by atoms with Crippen LogP contribution in [0, 0.1) is 5.92 Å². The molecule has 0 aromatic heterocycles. The van der Waals surface area contributed by atoms with E-state index in [2.05, 4.69) is 12.1 Å². The first-order chi connectivity index (χ1) is 12.1. The zero-order valence-corrected chi connectivity index (χ0v) is 14.8. The van der Waals surface area contributed by atoms with Crippen LogP contribution in [0.2, 0.25) is 0 Å². The highest BCUT2D eigenvalue weighted by molar-refractivity contribution is 5.84. The number of nitrogens with zero attached hydrogens (tertiary/aromatic N) is 2. The van der Waals surface area contributed by atoms with Crippen molar-refractivity contribution in [3.05, 3.63) is 35.9 Å². The summed E-state index contributed by atoms with van der Waals surface area (Å²) in [5.74, 6) is 0.253. The van der Waals surface area contributed by atoms with Gasteiger partial charge < -0.3 is 14.9 Å². The average Bonchev–Trinajstić information content (AvgIpc) is 2.64. The van der Waals surface area contributed by atoms with Crippen LogP contribution in [-0.2, 0) is 16.0 Å². The number of hydrogen-bond donors (Lipinski definition) is 1. The van der Waals surface area contributed by atoms with Gasteiger partial charge in [-0.2, -0.15) is 0 Å². The van der Waals surface area contributed by atoms with Gasteiger partial charge in [0.15, 0.2) is 0 Å². The third-order valence-corrected chi connectivity index (χ3v) is 5.36. The maximum Gasteiger partial charge on any atom is 0.227 e. The lowest BCUT2D eigenvalue weighted by Crippen LogP contribution is -2.49. The molecule has 2 aliphatic rings. The van der Waals surface area contributed by atoms with Crippen molar-refractivity contribution in [1.29, 1.82) is 0 Å². The average molecular weight is 344 g/mol. The van der Waals surface area contributed by atoms with Crippen LogP contribution >= 0.6 is 0 Å². The molecular formula is C20H28N2O3. The van der Waals surface area contributed by atoms with E-state index >= 15 is 0 Å². The summed E-state index contributed by atoms with van der Waals surface area (Å²) >= 11 is 0.